The summed E-state index contributed by atoms with van der Waals surface area (Å²) in [5.41, 5.74) is 1.75. The van der Waals surface area contributed by atoms with Gasteiger partial charge in [-0.2, -0.15) is 0 Å². The van der Waals surface area contributed by atoms with Crippen LogP contribution in [0, 0.1) is 0 Å². The van der Waals surface area contributed by atoms with Crippen LogP contribution in [-0.4, -0.2) is 50.0 Å². The minimum Gasteiger partial charge on any atom is -0.349 e. The molecule has 0 bridgehead atoms. The lowest BCUT2D eigenvalue weighted by atomic mass is 9.63. The molecule has 1 aliphatic carbocycles. The van der Waals surface area contributed by atoms with E-state index in [2.05, 4.69) is 47.1 Å². The molecule has 0 amide bonds. The Hall–Kier alpha value is -1.51. The average Bonchev–Trinajstić information content (AvgIpc) is 2.33. The van der Waals surface area contributed by atoms with Crippen LogP contribution in [0.4, 0.5) is 0 Å². The second kappa shape index (κ2) is 5.24. The smallest absolute Gasteiger partial charge is 0.195 e. The van der Waals surface area contributed by atoms with Crippen molar-refractivity contribution in [3.8, 4) is 0 Å². The molecule has 0 aromatic heterocycles. The fraction of sp³-hybridized carbons (Fsp3) is 0.562. The van der Waals surface area contributed by atoms with Crippen LogP contribution in [0.15, 0.2) is 35.3 Å². The molecule has 1 aliphatic rings. The van der Waals surface area contributed by atoms with Crippen molar-refractivity contribution in [3.63, 3.8) is 0 Å². The van der Waals surface area contributed by atoms with Crippen molar-refractivity contribution >= 4 is 5.96 Å². The lowest BCUT2D eigenvalue weighted by molar-refractivity contribution is 0.225. The van der Waals surface area contributed by atoms with Gasteiger partial charge in [0, 0.05) is 28.2 Å². The molecule has 1 saturated carbocycles. The minimum atomic E-state index is 0.305. The quantitative estimate of drug-likeness (QED) is 0.600. The van der Waals surface area contributed by atoms with Gasteiger partial charge in [-0.25, -0.2) is 4.99 Å². The van der Waals surface area contributed by atoms with Crippen molar-refractivity contribution in [1.29, 1.82) is 0 Å². The van der Waals surface area contributed by atoms with E-state index in [4.69, 9.17) is 4.99 Å². The molecule has 3 nitrogen and oxygen atoms in total. The standard InChI is InChI=1S/C16H25N3/c1-16(13-9-7-6-8-10-13)11-14(12-16)17-15(18(2)3)19(4)5/h6-10,14H,11-12H2,1-5H3. The number of hydrogen-bond acceptors (Lipinski definition) is 1. The average molecular weight is 259 g/mol. The van der Waals surface area contributed by atoms with Crippen molar-refractivity contribution in [2.24, 2.45) is 4.99 Å². The summed E-state index contributed by atoms with van der Waals surface area (Å²) in [6, 6.07) is 11.3. The Morgan fingerprint density at radius 2 is 1.58 bits per heavy atom. The summed E-state index contributed by atoms with van der Waals surface area (Å²) in [6.07, 6.45) is 2.28. The van der Waals surface area contributed by atoms with Gasteiger partial charge < -0.3 is 9.80 Å². The number of aliphatic imine (C=N–C) groups is 1. The number of hydrogen-bond donors (Lipinski definition) is 0. The molecule has 0 saturated heterocycles. The Bertz CT molecular complexity index is 432. The molecular weight excluding hydrogens is 234 g/mol. The zero-order chi connectivity index (χ0) is 14.0. The highest BCUT2D eigenvalue weighted by atomic mass is 15.3. The zero-order valence-electron chi connectivity index (χ0n) is 12.7. The number of benzene rings is 1. The second-order valence-corrected chi connectivity index (χ2v) is 6.21. The Morgan fingerprint density at radius 1 is 1.05 bits per heavy atom. The van der Waals surface area contributed by atoms with Crippen LogP contribution < -0.4 is 0 Å². The van der Waals surface area contributed by atoms with Gasteiger partial charge in [0.1, 0.15) is 0 Å². The zero-order valence-corrected chi connectivity index (χ0v) is 12.7. The minimum absolute atomic E-state index is 0.305. The maximum Gasteiger partial charge on any atom is 0.195 e. The fourth-order valence-electron chi connectivity index (χ4n) is 2.94. The topological polar surface area (TPSA) is 18.8 Å². The van der Waals surface area contributed by atoms with Crippen molar-refractivity contribution < 1.29 is 0 Å². The van der Waals surface area contributed by atoms with Crippen LogP contribution in [0.3, 0.4) is 0 Å². The maximum atomic E-state index is 4.87. The SMILES string of the molecule is CN(C)C(=NC1CC(C)(c2ccccc2)C1)N(C)C. The van der Waals surface area contributed by atoms with Crippen LogP contribution >= 0.6 is 0 Å². The highest BCUT2D eigenvalue weighted by Gasteiger charge is 2.41. The molecular formula is C16H25N3. The number of nitrogens with zero attached hydrogens (tertiary/aromatic N) is 3. The summed E-state index contributed by atoms with van der Waals surface area (Å²) in [7, 11) is 8.20. The van der Waals surface area contributed by atoms with Crippen molar-refractivity contribution in [2.45, 2.75) is 31.2 Å². The molecule has 0 heterocycles. The molecule has 1 fully saturated rings. The molecule has 104 valence electrons. The third-order valence-electron chi connectivity index (χ3n) is 3.94. The Kier molecular flexibility index (Phi) is 3.83. The first kappa shape index (κ1) is 13.9. The van der Waals surface area contributed by atoms with Gasteiger partial charge in [-0.05, 0) is 23.8 Å². The Balaban J connectivity index is 2.05. The first-order valence-corrected chi connectivity index (χ1v) is 6.90. The van der Waals surface area contributed by atoms with Gasteiger partial charge in [-0.1, -0.05) is 37.3 Å². The second-order valence-electron chi connectivity index (χ2n) is 6.21. The molecule has 1 aromatic carbocycles. The van der Waals surface area contributed by atoms with Crippen LogP contribution in [0.25, 0.3) is 0 Å². The Morgan fingerprint density at radius 3 is 2.05 bits per heavy atom. The molecule has 1 aromatic rings. The van der Waals surface area contributed by atoms with Gasteiger partial charge >= 0.3 is 0 Å². The van der Waals surface area contributed by atoms with Gasteiger partial charge in [-0.15, -0.1) is 0 Å². The van der Waals surface area contributed by atoms with Gasteiger partial charge in [0.15, 0.2) is 5.96 Å². The van der Waals surface area contributed by atoms with E-state index in [9.17, 15) is 0 Å². The van der Waals surface area contributed by atoms with E-state index in [0.717, 1.165) is 18.8 Å². The first-order valence-electron chi connectivity index (χ1n) is 6.90. The summed E-state index contributed by atoms with van der Waals surface area (Å²) < 4.78 is 0. The molecule has 19 heavy (non-hydrogen) atoms. The normalized spacial score (nSPS) is 25.4. The molecule has 0 spiro atoms. The van der Waals surface area contributed by atoms with E-state index in [-0.39, 0.29) is 0 Å². The first-order chi connectivity index (χ1) is 8.92. The molecule has 2 rings (SSSR count). The van der Waals surface area contributed by atoms with E-state index in [1.807, 2.05) is 28.2 Å². The lowest BCUT2D eigenvalue weighted by Gasteiger charge is -2.44. The number of guanidine groups is 1. The van der Waals surface area contributed by atoms with Crippen LogP contribution in [0.1, 0.15) is 25.3 Å². The molecule has 0 radical (unpaired) electrons. The van der Waals surface area contributed by atoms with E-state index < -0.39 is 0 Å². The third kappa shape index (κ3) is 2.91. The molecule has 3 heteroatoms. The predicted molar refractivity (Wildman–Crippen MR) is 81.6 cm³/mol. The van der Waals surface area contributed by atoms with E-state index in [1.54, 1.807) is 0 Å². The monoisotopic (exact) mass is 259 g/mol. The lowest BCUT2D eigenvalue weighted by Crippen LogP contribution is -2.44. The summed E-state index contributed by atoms with van der Waals surface area (Å²) in [5, 5.41) is 0. The van der Waals surface area contributed by atoms with E-state index in [0.29, 0.717) is 11.5 Å². The van der Waals surface area contributed by atoms with Gasteiger partial charge in [0.2, 0.25) is 0 Å². The largest absolute Gasteiger partial charge is 0.349 e. The summed E-state index contributed by atoms with van der Waals surface area (Å²) in [4.78, 5) is 9.03. The van der Waals surface area contributed by atoms with Crippen molar-refractivity contribution in [3.05, 3.63) is 35.9 Å². The highest BCUT2D eigenvalue weighted by molar-refractivity contribution is 5.79. The van der Waals surface area contributed by atoms with E-state index in [1.165, 1.54) is 5.56 Å². The molecule has 0 N–H and O–H groups in total. The molecule has 0 unspecified atom stereocenters. The number of rotatable bonds is 2. The highest BCUT2D eigenvalue weighted by Crippen LogP contribution is 2.45. The van der Waals surface area contributed by atoms with Crippen molar-refractivity contribution in [1.82, 2.24) is 9.80 Å². The van der Waals surface area contributed by atoms with Gasteiger partial charge in [0.05, 0.1) is 6.04 Å². The van der Waals surface area contributed by atoms with Crippen LogP contribution in [0.2, 0.25) is 0 Å². The van der Waals surface area contributed by atoms with Crippen molar-refractivity contribution in [2.75, 3.05) is 28.2 Å². The van der Waals surface area contributed by atoms with Gasteiger partial charge in [-0.3, -0.25) is 0 Å². The predicted octanol–water partition coefficient (Wildman–Crippen LogP) is 2.59. The van der Waals surface area contributed by atoms with E-state index >= 15 is 0 Å². The van der Waals surface area contributed by atoms with Crippen LogP contribution in [-0.2, 0) is 5.41 Å². The molecule has 0 aliphatic heterocycles. The maximum absolute atomic E-state index is 4.87. The molecule has 0 atom stereocenters. The summed E-state index contributed by atoms with van der Waals surface area (Å²) in [5.74, 6) is 1.06. The van der Waals surface area contributed by atoms with Crippen LogP contribution in [0.5, 0.6) is 0 Å². The third-order valence-corrected chi connectivity index (χ3v) is 3.94. The Labute approximate surface area is 116 Å². The summed E-state index contributed by atoms with van der Waals surface area (Å²) in [6.45, 7) is 2.35. The summed E-state index contributed by atoms with van der Waals surface area (Å²) >= 11 is 0. The van der Waals surface area contributed by atoms with Gasteiger partial charge in [0.25, 0.3) is 0 Å². The fourth-order valence-corrected chi connectivity index (χ4v) is 2.94.